The second-order valence-electron chi connectivity index (χ2n) is 5.62. The summed E-state index contributed by atoms with van der Waals surface area (Å²) < 4.78 is 53.7. The Bertz CT molecular complexity index is 1160. The van der Waals surface area contributed by atoms with Crippen LogP contribution in [-0.4, -0.2) is 35.5 Å². The first kappa shape index (κ1) is 20.4. The fourth-order valence-corrected chi connectivity index (χ4v) is 3.51. The van der Waals surface area contributed by atoms with Crippen molar-refractivity contribution in [3.63, 3.8) is 0 Å². The second-order valence-corrected chi connectivity index (χ2v) is 7.69. The predicted molar refractivity (Wildman–Crippen MR) is 104 cm³/mol. The number of nitrogens with one attached hydrogen (secondary N) is 4. The molecule has 0 unspecified atom stereocenters. The van der Waals surface area contributed by atoms with E-state index in [1.165, 1.54) is 42.7 Å². The van der Waals surface area contributed by atoms with E-state index in [4.69, 9.17) is 12.2 Å². The number of alkyl halides is 2. The topological polar surface area (TPSA) is 121 Å². The highest BCUT2D eigenvalue weighted by atomic mass is 32.2. The van der Waals surface area contributed by atoms with E-state index in [0.29, 0.717) is 16.1 Å². The number of amides is 1. The first-order valence-electron chi connectivity index (χ1n) is 7.95. The van der Waals surface area contributed by atoms with E-state index < -0.39 is 22.4 Å². The van der Waals surface area contributed by atoms with E-state index in [0.717, 1.165) is 0 Å². The van der Waals surface area contributed by atoms with E-state index in [1.54, 1.807) is 16.7 Å². The van der Waals surface area contributed by atoms with Crippen LogP contribution in [0.3, 0.4) is 0 Å². The minimum atomic E-state index is -3.86. The summed E-state index contributed by atoms with van der Waals surface area (Å²) in [4.78, 5) is 10.8. The van der Waals surface area contributed by atoms with Crippen molar-refractivity contribution in [1.29, 1.82) is 0 Å². The standard InChI is InChI=1S/C16H14F2N6O3S2/c17-14(18)15(25)21-20-10-1-3-11(4-2-10)23-29(26,27)13-7-5-12(6-8-13)24-9-19-22-16(24)28/h1-9,14,20,23H,(H,21,25)(H,22,28). The van der Waals surface area contributed by atoms with E-state index in [2.05, 4.69) is 20.3 Å². The molecule has 0 fully saturated rings. The van der Waals surface area contributed by atoms with E-state index in [1.807, 2.05) is 5.43 Å². The first-order valence-corrected chi connectivity index (χ1v) is 9.85. The fourth-order valence-electron chi connectivity index (χ4n) is 2.24. The van der Waals surface area contributed by atoms with Crippen molar-refractivity contribution in [1.82, 2.24) is 20.2 Å². The number of nitrogens with zero attached hydrogens (tertiary/aromatic N) is 2. The van der Waals surface area contributed by atoms with Gasteiger partial charge in [0.1, 0.15) is 6.33 Å². The molecule has 0 aliphatic heterocycles. The molecule has 0 aliphatic carbocycles. The average molecular weight is 440 g/mol. The molecule has 1 aromatic heterocycles. The van der Waals surface area contributed by atoms with E-state index >= 15 is 0 Å². The number of H-pyrrole nitrogens is 1. The van der Waals surface area contributed by atoms with Crippen molar-refractivity contribution in [2.75, 3.05) is 10.1 Å². The van der Waals surface area contributed by atoms with Crippen LogP contribution in [-0.2, 0) is 14.8 Å². The zero-order valence-electron chi connectivity index (χ0n) is 14.5. The molecule has 1 heterocycles. The van der Waals surface area contributed by atoms with Crippen molar-refractivity contribution in [3.05, 3.63) is 59.6 Å². The lowest BCUT2D eigenvalue weighted by molar-refractivity contribution is -0.131. The number of sulfonamides is 1. The molecule has 0 radical (unpaired) electrons. The molecule has 1 amide bonds. The number of anilines is 2. The normalized spacial score (nSPS) is 11.3. The van der Waals surface area contributed by atoms with Crippen LogP contribution in [0.25, 0.3) is 5.69 Å². The van der Waals surface area contributed by atoms with Crippen molar-refractivity contribution in [2.24, 2.45) is 0 Å². The lowest BCUT2D eigenvalue weighted by Crippen LogP contribution is -2.34. The Labute approximate surface area is 168 Å². The maximum atomic E-state index is 12.5. The molecule has 0 bridgehead atoms. The number of benzene rings is 2. The number of rotatable bonds is 7. The van der Waals surface area contributed by atoms with Crippen molar-refractivity contribution in [2.45, 2.75) is 11.3 Å². The summed E-state index contributed by atoms with van der Waals surface area (Å²) in [6.07, 6.45) is -1.67. The van der Waals surface area contributed by atoms with Gasteiger partial charge in [-0.25, -0.2) is 8.42 Å². The average Bonchev–Trinajstić information content (AvgIpc) is 3.13. The summed E-state index contributed by atoms with van der Waals surface area (Å²) >= 11 is 5.07. The van der Waals surface area contributed by atoms with Crippen LogP contribution in [0.4, 0.5) is 20.2 Å². The summed E-state index contributed by atoms with van der Waals surface area (Å²) in [6.45, 7) is 0. The van der Waals surface area contributed by atoms with Gasteiger partial charge in [0.15, 0.2) is 4.77 Å². The quantitative estimate of drug-likeness (QED) is 0.331. The molecular weight excluding hydrogens is 426 g/mol. The van der Waals surface area contributed by atoms with Crippen molar-refractivity contribution in [3.8, 4) is 5.69 Å². The number of carbonyl (C=O) groups is 1. The Balaban J connectivity index is 1.68. The van der Waals surface area contributed by atoms with Gasteiger partial charge in [0.25, 0.3) is 10.0 Å². The Hall–Kier alpha value is -3.32. The first-order chi connectivity index (χ1) is 13.8. The molecule has 3 aromatic rings. The van der Waals surface area contributed by atoms with Gasteiger partial charge in [0.05, 0.1) is 10.6 Å². The maximum absolute atomic E-state index is 12.5. The van der Waals surface area contributed by atoms with Crippen LogP contribution < -0.4 is 15.6 Å². The molecule has 0 saturated carbocycles. The third kappa shape index (κ3) is 4.94. The van der Waals surface area contributed by atoms with E-state index in [9.17, 15) is 22.0 Å². The molecule has 2 aromatic carbocycles. The predicted octanol–water partition coefficient (Wildman–Crippen LogP) is 2.44. The summed E-state index contributed by atoms with van der Waals surface area (Å²) in [6, 6.07) is 11.6. The lowest BCUT2D eigenvalue weighted by Gasteiger charge is -2.11. The van der Waals surface area contributed by atoms with Gasteiger partial charge in [-0.15, -0.1) is 0 Å². The van der Waals surface area contributed by atoms with Gasteiger partial charge >= 0.3 is 12.3 Å². The minimum absolute atomic E-state index is 0.0302. The van der Waals surface area contributed by atoms with E-state index in [-0.39, 0.29) is 10.6 Å². The third-order valence-electron chi connectivity index (χ3n) is 3.64. The Morgan fingerprint density at radius 2 is 1.69 bits per heavy atom. The zero-order valence-corrected chi connectivity index (χ0v) is 16.1. The van der Waals surface area contributed by atoms with Crippen molar-refractivity contribution >= 4 is 39.5 Å². The van der Waals surface area contributed by atoms with Gasteiger partial charge in [-0.1, -0.05) is 0 Å². The van der Waals surface area contributed by atoms with Crippen LogP contribution in [0.15, 0.2) is 59.8 Å². The number of hydrogen-bond donors (Lipinski definition) is 4. The number of hydrogen-bond acceptors (Lipinski definition) is 6. The molecule has 4 N–H and O–H groups in total. The van der Waals surface area contributed by atoms with Gasteiger partial charge in [-0.3, -0.25) is 30.0 Å². The lowest BCUT2D eigenvalue weighted by atomic mass is 10.3. The second kappa shape index (κ2) is 8.36. The monoisotopic (exact) mass is 440 g/mol. The van der Waals surface area contributed by atoms with Gasteiger partial charge in [-0.05, 0) is 60.7 Å². The fraction of sp³-hybridized carbons (Fsp3) is 0.0625. The molecule has 9 nitrogen and oxygen atoms in total. The molecule has 29 heavy (non-hydrogen) atoms. The third-order valence-corrected chi connectivity index (χ3v) is 5.33. The van der Waals surface area contributed by atoms with Gasteiger partial charge in [-0.2, -0.15) is 13.9 Å². The number of halogens is 2. The molecule has 0 atom stereocenters. The van der Waals surface area contributed by atoms with Gasteiger partial charge in [0.2, 0.25) is 0 Å². The van der Waals surface area contributed by atoms with Crippen LogP contribution >= 0.6 is 12.2 Å². The van der Waals surface area contributed by atoms with Crippen molar-refractivity contribution < 1.29 is 22.0 Å². The molecular formula is C16H14F2N6O3S2. The van der Waals surface area contributed by atoms with Crippen LogP contribution in [0.2, 0.25) is 0 Å². The summed E-state index contributed by atoms with van der Waals surface area (Å²) in [7, 11) is -3.86. The molecule has 13 heteroatoms. The molecule has 152 valence electrons. The number of carbonyl (C=O) groups excluding carboxylic acids is 1. The molecule has 3 rings (SSSR count). The van der Waals surface area contributed by atoms with Crippen LogP contribution in [0, 0.1) is 4.77 Å². The summed E-state index contributed by atoms with van der Waals surface area (Å²) in [5.74, 6) is -1.48. The number of aromatic nitrogens is 3. The Kier molecular flexibility index (Phi) is 5.89. The highest BCUT2D eigenvalue weighted by molar-refractivity contribution is 7.92. The van der Waals surface area contributed by atoms with Gasteiger partial charge in [0, 0.05) is 11.4 Å². The molecule has 0 spiro atoms. The number of aromatic amines is 1. The Morgan fingerprint density at radius 3 is 2.24 bits per heavy atom. The smallest absolute Gasteiger partial charge is 0.298 e. The van der Waals surface area contributed by atoms with Crippen LogP contribution in [0.1, 0.15) is 0 Å². The van der Waals surface area contributed by atoms with Gasteiger partial charge < -0.3 is 0 Å². The highest BCUT2D eigenvalue weighted by Crippen LogP contribution is 2.19. The summed E-state index contributed by atoms with van der Waals surface area (Å²) in [5, 5.41) is 6.40. The minimum Gasteiger partial charge on any atom is -0.298 e. The number of hydrazine groups is 1. The molecule has 0 saturated heterocycles. The highest BCUT2D eigenvalue weighted by Gasteiger charge is 2.15. The zero-order chi connectivity index (χ0) is 21.0. The molecule has 0 aliphatic rings. The summed E-state index contributed by atoms with van der Waals surface area (Å²) in [5.41, 5.74) is 5.30. The SMILES string of the molecule is O=C(NNc1ccc(NS(=O)(=O)c2ccc(-n3cn[nH]c3=S)cc2)cc1)C(F)F. The maximum Gasteiger partial charge on any atom is 0.317 e. The Morgan fingerprint density at radius 1 is 1.07 bits per heavy atom. The largest absolute Gasteiger partial charge is 0.317 e. The van der Waals surface area contributed by atoms with Crippen LogP contribution in [0.5, 0.6) is 0 Å².